The second-order valence-corrected chi connectivity index (χ2v) is 5.77. The van der Waals surface area contributed by atoms with E-state index in [4.69, 9.17) is 11.6 Å². The molecule has 2 rings (SSSR count). The summed E-state index contributed by atoms with van der Waals surface area (Å²) in [6.07, 6.45) is 2.00. The lowest BCUT2D eigenvalue weighted by molar-refractivity contribution is -0.138. The van der Waals surface area contributed by atoms with Gasteiger partial charge < -0.3 is 10.6 Å². The van der Waals surface area contributed by atoms with Crippen LogP contribution >= 0.6 is 11.6 Å². The van der Waals surface area contributed by atoms with Crippen molar-refractivity contribution >= 4 is 29.1 Å². The van der Waals surface area contributed by atoms with Crippen LogP contribution in [0.15, 0.2) is 24.3 Å². The summed E-state index contributed by atoms with van der Waals surface area (Å²) < 4.78 is 0. The van der Waals surface area contributed by atoms with Crippen molar-refractivity contribution in [1.29, 1.82) is 0 Å². The first-order valence-electron chi connectivity index (χ1n) is 6.27. The first kappa shape index (κ1) is 13.9. The van der Waals surface area contributed by atoms with Gasteiger partial charge in [0.1, 0.15) is 5.41 Å². The van der Waals surface area contributed by atoms with Crippen molar-refractivity contribution in [1.82, 2.24) is 5.32 Å². The molecule has 0 radical (unpaired) electrons. The highest BCUT2D eigenvalue weighted by molar-refractivity contribution is 6.31. The molecule has 1 fully saturated rings. The van der Waals surface area contributed by atoms with E-state index in [-0.39, 0.29) is 17.9 Å². The third kappa shape index (κ3) is 3.47. The van der Waals surface area contributed by atoms with Crippen molar-refractivity contribution in [2.45, 2.75) is 32.7 Å². The number of anilines is 1. The van der Waals surface area contributed by atoms with Crippen LogP contribution in [0.2, 0.25) is 5.02 Å². The molecule has 2 N–H and O–H groups in total. The molecule has 2 amide bonds. The molecule has 1 aromatic rings. The smallest absolute Gasteiger partial charge is 0.239 e. The van der Waals surface area contributed by atoms with Crippen molar-refractivity contribution in [3.05, 3.63) is 29.3 Å². The van der Waals surface area contributed by atoms with E-state index in [0.29, 0.717) is 10.7 Å². The number of halogens is 1. The van der Waals surface area contributed by atoms with Crippen molar-refractivity contribution < 1.29 is 9.59 Å². The van der Waals surface area contributed by atoms with Crippen LogP contribution in [0.5, 0.6) is 0 Å². The molecule has 5 heteroatoms. The second kappa shape index (κ2) is 5.21. The Balaban J connectivity index is 2.02. The van der Waals surface area contributed by atoms with Gasteiger partial charge in [0, 0.05) is 16.8 Å². The van der Waals surface area contributed by atoms with E-state index in [1.165, 1.54) is 0 Å². The summed E-state index contributed by atoms with van der Waals surface area (Å²) in [5, 5.41) is 6.10. The van der Waals surface area contributed by atoms with Crippen LogP contribution in [0.1, 0.15) is 26.7 Å². The number of hydrogen-bond donors (Lipinski definition) is 2. The van der Waals surface area contributed by atoms with Crippen molar-refractivity contribution in [2.75, 3.05) is 5.32 Å². The van der Waals surface area contributed by atoms with E-state index in [1.807, 2.05) is 0 Å². The van der Waals surface area contributed by atoms with E-state index >= 15 is 0 Å². The molecule has 0 bridgehead atoms. The average Bonchev–Trinajstić information content (AvgIpc) is 3.12. The molecule has 0 unspecified atom stereocenters. The van der Waals surface area contributed by atoms with Crippen LogP contribution in [-0.2, 0) is 9.59 Å². The van der Waals surface area contributed by atoms with Crippen LogP contribution in [0.3, 0.4) is 0 Å². The molecule has 0 aliphatic heterocycles. The van der Waals surface area contributed by atoms with Crippen LogP contribution in [-0.4, -0.2) is 17.9 Å². The summed E-state index contributed by atoms with van der Waals surface area (Å²) in [5.74, 6) is -0.581. The lowest BCUT2D eigenvalue weighted by Gasteiger charge is -2.22. The maximum absolute atomic E-state index is 12.2. The number of rotatable bonds is 4. The lowest BCUT2D eigenvalue weighted by Crippen LogP contribution is -2.45. The van der Waals surface area contributed by atoms with Crippen molar-refractivity contribution in [3.8, 4) is 0 Å². The van der Waals surface area contributed by atoms with E-state index in [2.05, 4.69) is 10.6 Å². The van der Waals surface area contributed by atoms with Crippen molar-refractivity contribution in [3.63, 3.8) is 0 Å². The summed E-state index contributed by atoms with van der Waals surface area (Å²) in [6, 6.07) is 7.09. The Hall–Kier alpha value is -1.55. The van der Waals surface area contributed by atoms with E-state index in [0.717, 1.165) is 12.8 Å². The molecule has 0 spiro atoms. The van der Waals surface area contributed by atoms with Crippen LogP contribution in [0.25, 0.3) is 0 Å². The van der Waals surface area contributed by atoms with Gasteiger partial charge in [0.25, 0.3) is 0 Å². The van der Waals surface area contributed by atoms with Gasteiger partial charge in [0.15, 0.2) is 0 Å². The summed E-state index contributed by atoms with van der Waals surface area (Å²) in [6.45, 7) is 3.23. The Bertz CT molecular complexity index is 510. The zero-order valence-electron chi connectivity index (χ0n) is 11.0. The summed E-state index contributed by atoms with van der Waals surface area (Å²) in [5.41, 5.74) is -0.518. The Morgan fingerprint density at radius 3 is 2.53 bits per heavy atom. The number of carbonyl (C=O) groups excluding carboxylic acids is 2. The first-order valence-corrected chi connectivity index (χ1v) is 6.65. The standard InChI is InChI=1S/C14H17ClN2O2/c1-14(2,12(18)16-10-6-7-10)13(19)17-11-5-3-4-9(15)8-11/h3-5,8,10H,6-7H2,1-2H3,(H,16,18)(H,17,19). The molecule has 1 aliphatic rings. The van der Waals surface area contributed by atoms with Crippen LogP contribution in [0, 0.1) is 5.41 Å². The van der Waals surface area contributed by atoms with E-state index < -0.39 is 5.41 Å². The first-order chi connectivity index (χ1) is 8.89. The third-order valence-electron chi connectivity index (χ3n) is 3.13. The average molecular weight is 281 g/mol. The Morgan fingerprint density at radius 2 is 1.95 bits per heavy atom. The molecule has 0 atom stereocenters. The Morgan fingerprint density at radius 1 is 1.26 bits per heavy atom. The molecule has 0 saturated heterocycles. The van der Waals surface area contributed by atoms with Crippen LogP contribution < -0.4 is 10.6 Å². The topological polar surface area (TPSA) is 58.2 Å². The van der Waals surface area contributed by atoms with Crippen LogP contribution in [0.4, 0.5) is 5.69 Å². The van der Waals surface area contributed by atoms with Gasteiger partial charge in [0.05, 0.1) is 0 Å². The number of amides is 2. The second-order valence-electron chi connectivity index (χ2n) is 5.34. The van der Waals surface area contributed by atoms with Gasteiger partial charge in [-0.25, -0.2) is 0 Å². The Kier molecular flexibility index (Phi) is 3.80. The maximum Gasteiger partial charge on any atom is 0.239 e. The number of benzene rings is 1. The largest absolute Gasteiger partial charge is 0.352 e. The van der Waals surface area contributed by atoms with E-state index in [1.54, 1.807) is 38.1 Å². The normalized spacial score (nSPS) is 14.9. The SMILES string of the molecule is CC(C)(C(=O)Nc1cccc(Cl)c1)C(=O)NC1CC1. The predicted octanol–water partition coefficient (Wildman–Crippen LogP) is 2.58. The number of nitrogens with one attached hydrogen (secondary N) is 2. The lowest BCUT2D eigenvalue weighted by atomic mass is 9.91. The fourth-order valence-corrected chi connectivity index (χ4v) is 1.74. The molecular weight excluding hydrogens is 264 g/mol. The minimum absolute atomic E-state index is 0.241. The molecule has 0 aromatic heterocycles. The minimum atomic E-state index is -1.11. The molecular formula is C14H17ClN2O2. The Labute approximate surface area is 117 Å². The highest BCUT2D eigenvalue weighted by Gasteiger charge is 2.38. The van der Waals surface area contributed by atoms with Gasteiger partial charge in [0.2, 0.25) is 11.8 Å². The number of hydrogen-bond acceptors (Lipinski definition) is 2. The fourth-order valence-electron chi connectivity index (χ4n) is 1.55. The molecule has 0 heterocycles. The zero-order valence-corrected chi connectivity index (χ0v) is 11.8. The van der Waals surface area contributed by atoms with Gasteiger partial charge in [-0.1, -0.05) is 17.7 Å². The van der Waals surface area contributed by atoms with E-state index in [9.17, 15) is 9.59 Å². The predicted molar refractivity (Wildman–Crippen MR) is 75.0 cm³/mol. The molecule has 19 heavy (non-hydrogen) atoms. The quantitative estimate of drug-likeness (QED) is 0.833. The fraction of sp³-hybridized carbons (Fsp3) is 0.429. The van der Waals surface area contributed by atoms with Gasteiger partial charge in [-0.15, -0.1) is 0 Å². The summed E-state index contributed by atoms with van der Waals surface area (Å²) in [4.78, 5) is 24.2. The van der Waals surface area contributed by atoms with Gasteiger partial charge in [-0.05, 0) is 44.9 Å². The zero-order chi connectivity index (χ0) is 14.0. The van der Waals surface area contributed by atoms with Gasteiger partial charge in [-0.3, -0.25) is 9.59 Å². The molecule has 1 aliphatic carbocycles. The summed E-state index contributed by atoms with van der Waals surface area (Å²) >= 11 is 5.85. The monoisotopic (exact) mass is 280 g/mol. The molecule has 1 saturated carbocycles. The minimum Gasteiger partial charge on any atom is -0.352 e. The molecule has 102 valence electrons. The molecule has 1 aromatic carbocycles. The highest BCUT2D eigenvalue weighted by atomic mass is 35.5. The van der Waals surface area contributed by atoms with Gasteiger partial charge >= 0.3 is 0 Å². The van der Waals surface area contributed by atoms with Gasteiger partial charge in [-0.2, -0.15) is 0 Å². The summed E-state index contributed by atoms with van der Waals surface area (Å²) in [7, 11) is 0. The van der Waals surface area contributed by atoms with Crippen molar-refractivity contribution in [2.24, 2.45) is 5.41 Å². The third-order valence-corrected chi connectivity index (χ3v) is 3.37. The molecule has 4 nitrogen and oxygen atoms in total. The highest BCUT2D eigenvalue weighted by Crippen LogP contribution is 2.24. The number of carbonyl (C=O) groups is 2. The maximum atomic E-state index is 12.2.